The molecule has 6 nitrogen and oxygen atoms in total. The van der Waals surface area contributed by atoms with Gasteiger partial charge in [-0.25, -0.2) is 8.42 Å². The molecule has 0 unspecified atom stereocenters. The summed E-state index contributed by atoms with van der Waals surface area (Å²) in [4.78, 5) is 13.5. The van der Waals surface area contributed by atoms with Gasteiger partial charge in [-0.1, -0.05) is 11.6 Å². The summed E-state index contributed by atoms with van der Waals surface area (Å²) in [6.45, 7) is 2.34. The summed E-state index contributed by atoms with van der Waals surface area (Å²) in [7, 11) is -2.51. The Hall–Kier alpha value is -2.25. The molecule has 1 aliphatic rings. The third-order valence-electron chi connectivity index (χ3n) is 4.25. The molecule has 0 spiro atoms. The summed E-state index contributed by atoms with van der Waals surface area (Å²) < 4.78 is 33.7. The first-order valence-electron chi connectivity index (χ1n) is 8.09. The van der Waals surface area contributed by atoms with Gasteiger partial charge in [-0.3, -0.25) is 9.52 Å². The molecule has 0 aliphatic carbocycles. The number of anilines is 2. The molecule has 1 aliphatic heterocycles. The molecular weight excluding hydrogens is 376 g/mol. The fourth-order valence-corrected chi connectivity index (χ4v) is 4.45. The van der Waals surface area contributed by atoms with Gasteiger partial charge in [0.25, 0.3) is 10.0 Å². The maximum absolute atomic E-state index is 12.9. The van der Waals surface area contributed by atoms with Gasteiger partial charge in [-0.05, 0) is 55.3 Å². The van der Waals surface area contributed by atoms with Crippen molar-refractivity contribution >= 4 is 38.9 Å². The fraction of sp³-hybridized carbons (Fsp3) is 0.278. The van der Waals surface area contributed by atoms with Crippen LogP contribution in [0, 0.1) is 6.92 Å². The van der Waals surface area contributed by atoms with Crippen molar-refractivity contribution in [2.45, 2.75) is 24.7 Å². The second-order valence-electron chi connectivity index (χ2n) is 6.05. The van der Waals surface area contributed by atoms with Crippen molar-refractivity contribution in [3.05, 3.63) is 47.0 Å². The maximum Gasteiger partial charge on any atom is 0.265 e. The molecule has 1 N–H and O–H groups in total. The molecule has 1 fully saturated rings. The van der Waals surface area contributed by atoms with Crippen LogP contribution in [0.2, 0.25) is 5.02 Å². The minimum absolute atomic E-state index is 0.0139. The highest BCUT2D eigenvalue weighted by molar-refractivity contribution is 7.92. The van der Waals surface area contributed by atoms with E-state index in [-0.39, 0.29) is 16.6 Å². The highest BCUT2D eigenvalue weighted by atomic mass is 35.5. The quantitative estimate of drug-likeness (QED) is 0.840. The Morgan fingerprint density at radius 1 is 1.19 bits per heavy atom. The lowest BCUT2D eigenvalue weighted by atomic mass is 10.2. The summed E-state index contributed by atoms with van der Waals surface area (Å²) in [6, 6.07) is 9.61. The number of nitrogens with one attached hydrogen (secondary N) is 1. The van der Waals surface area contributed by atoms with Crippen LogP contribution < -0.4 is 14.4 Å². The highest BCUT2D eigenvalue weighted by Crippen LogP contribution is 2.32. The second kappa shape index (κ2) is 7.17. The minimum Gasteiger partial charge on any atom is -0.495 e. The predicted molar refractivity (Wildman–Crippen MR) is 102 cm³/mol. The standard InChI is InChI=1S/C18H19ClN2O4S/c1-12-10-13(19)5-7-15(12)20-26(23,24)17-11-14(6-8-16(17)25-2)21-9-3-4-18(21)22/h5-8,10-11,20H,3-4,9H2,1-2H3. The minimum atomic E-state index is -3.92. The topological polar surface area (TPSA) is 75.7 Å². The zero-order valence-corrected chi connectivity index (χ0v) is 16.0. The number of rotatable bonds is 5. The van der Waals surface area contributed by atoms with E-state index in [9.17, 15) is 13.2 Å². The van der Waals surface area contributed by atoms with E-state index in [1.807, 2.05) is 0 Å². The molecule has 0 atom stereocenters. The van der Waals surface area contributed by atoms with Gasteiger partial charge in [0.15, 0.2) is 0 Å². The number of benzene rings is 2. The van der Waals surface area contributed by atoms with Crippen molar-refractivity contribution < 1.29 is 17.9 Å². The van der Waals surface area contributed by atoms with Crippen LogP contribution >= 0.6 is 11.6 Å². The third kappa shape index (κ3) is 3.64. The van der Waals surface area contributed by atoms with Crippen molar-refractivity contribution in [2.24, 2.45) is 0 Å². The molecular formula is C18H19ClN2O4S. The third-order valence-corrected chi connectivity index (χ3v) is 5.88. The zero-order chi connectivity index (χ0) is 18.9. The fourth-order valence-electron chi connectivity index (χ4n) is 2.91. The molecule has 26 heavy (non-hydrogen) atoms. The van der Waals surface area contributed by atoms with Gasteiger partial charge in [-0.15, -0.1) is 0 Å². The summed E-state index contributed by atoms with van der Waals surface area (Å²) in [5.74, 6) is 0.194. The largest absolute Gasteiger partial charge is 0.495 e. The number of nitrogens with zero attached hydrogens (tertiary/aromatic N) is 1. The van der Waals surface area contributed by atoms with Crippen LogP contribution in [-0.2, 0) is 14.8 Å². The number of sulfonamides is 1. The van der Waals surface area contributed by atoms with Crippen LogP contribution in [0.3, 0.4) is 0 Å². The lowest BCUT2D eigenvalue weighted by Gasteiger charge is -2.19. The van der Waals surface area contributed by atoms with Gasteiger partial charge in [0, 0.05) is 23.7 Å². The van der Waals surface area contributed by atoms with E-state index in [1.54, 1.807) is 42.2 Å². The summed E-state index contributed by atoms with van der Waals surface area (Å²) in [6.07, 6.45) is 1.23. The van der Waals surface area contributed by atoms with Gasteiger partial charge in [0.05, 0.1) is 12.8 Å². The van der Waals surface area contributed by atoms with E-state index < -0.39 is 10.0 Å². The van der Waals surface area contributed by atoms with Crippen LogP contribution in [-0.4, -0.2) is 28.0 Å². The molecule has 0 bridgehead atoms. The number of hydrogen-bond donors (Lipinski definition) is 1. The number of amides is 1. The van der Waals surface area contributed by atoms with Gasteiger partial charge in [-0.2, -0.15) is 0 Å². The monoisotopic (exact) mass is 394 g/mol. The molecule has 2 aromatic rings. The van der Waals surface area contributed by atoms with Crippen molar-refractivity contribution in [3.8, 4) is 5.75 Å². The Morgan fingerprint density at radius 3 is 2.58 bits per heavy atom. The normalized spacial score (nSPS) is 14.6. The molecule has 0 aromatic heterocycles. The Morgan fingerprint density at radius 2 is 1.96 bits per heavy atom. The average Bonchev–Trinajstić information content (AvgIpc) is 3.03. The van der Waals surface area contributed by atoms with Crippen LogP contribution in [0.15, 0.2) is 41.3 Å². The molecule has 0 radical (unpaired) electrons. The number of carbonyl (C=O) groups excluding carboxylic acids is 1. The lowest BCUT2D eigenvalue weighted by Crippen LogP contribution is -2.24. The van der Waals surface area contributed by atoms with E-state index in [0.29, 0.717) is 34.9 Å². The zero-order valence-electron chi connectivity index (χ0n) is 14.5. The molecule has 138 valence electrons. The summed E-state index contributed by atoms with van der Waals surface area (Å²) in [5, 5.41) is 0.526. The van der Waals surface area contributed by atoms with E-state index >= 15 is 0 Å². The molecule has 1 saturated heterocycles. The number of aryl methyl sites for hydroxylation is 1. The second-order valence-corrected chi connectivity index (χ2v) is 8.14. The van der Waals surface area contributed by atoms with Crippen molar-refractivity contribution in [2.75, 3.05) is 23.3 Å². The predicted octanol–water partition coefficient (Wildman–Crippen LogP) is 3.58. The molecule has 8 heteroatoms. The van der Waals surface area contributed by atoms with Crippen LogP contribution in [0.5, 0.6) is 5.75 Å². The molecule has 1 amide bonds. The van der Waals surface area contributed by atoms with Crippen molar-refractivity contribution in [3.63, 3.8) is 0 Å². The maximum atomic E-state index is 12.9. The molecule has 2 aromatic carbocycles. The average molecular weight is 395 g/mol. The molecule has 0 saturated carbocycles. The van der Waals surface area contributed by atoms with Crippen LogP contribution in [0.1, 0.15) is 18.4 Å². The van der Waals surface area contributed by atoms with Crippen LogP contribution in [0.25, 0.3) is 0 Å². The Bertz CT molecular complexity index is 960. The number of hydrogen-bond acceptors (Lipinski definition) is 4. The van der Waals surface area contributed by atoms with Gasteiger partial charge in [0.2, 0.25) is 5.91 Å². The van der Waals surface area contributed by atoms with Gasteiger partial charge < -0.3 is 9.64 Å². The van der Waals surface area contributed by atoms with E-state index in [2.05, 4.69) is 4.72 Å². The first kappa shape index (κ1) is 18.5. The Balaban J connectivity index is 2.01. The molecule has 1 heterocycles. The SMILES string of the molecule is COc1ccc(N2CCCC2=O)cc1S(=O)(=O)Nc1ccc(Cl)cc1C. The van der Waals surface area contributed by atoms with Gasteiger partial charge in [0.1, 0.15) is 10.6 Å². The summed E-state index contributed by atoms with van der Waals surface area (Å²) in [5.41, 5.74) is 1.67. The lowest BCUT2D eigenvalue weighted by molar-refractivity contribution is -0.117. The number of carbonyl (C=O) groups is 1. The number of ether oxygens (including phenoxy) is 1. The molecule has 3 rings (SSSR count). The van der Waals surface area contributed by atoms with E-state index in [1.165, 1.54) is 13.2 Å². The highest BCUT2D eigenvalue weighted by Gasteiger charge is 2.26. The van der Waals surface area contributed by atoms with E-state index in [4.69, 9.17) is 16.3 Å². The Kier molecular flexibility index (Phi) is 5.11. The first-order chi connectivity index (χ1) is 12.3. The van der Waals surface area contributed by atoms with Gasteiger partial charge >= 0.3 is 0 Å². The number of halogens is 1. The summed E-state index contributed by atoms with van der Waals surface area (Å²) >= 11 is 5.93. The van der Waals surface area contributed by atoms with E-state index in [0.717, 1.165) is 6.42 Å². The number of methoxy groups -OCH3 is 1. The smallest absolute Gasteiger partial charge is 0.265 e. The van der Waals surface area contributed by atoms with Crippen molar-refractivity contribution in [1.29, 1.82) is 0 Å². The van der Waals surface area contributed by atoms with Crippen molar-refractivity contribution in [1.82, 2.24) is 0 Å². The first-order valence-corrected chi connectivity index (χ1v) is 9.95. The van der Waals surface area contributed by atoms with Crippen LogP contribution in [0.4, 0.5) is 11.4 Å². The Labute approximate surface area is 157 Å².